The normalized spacial score (nSPS) is 13.4. The molecule has 2 heterocycles. The Hall–Kier alpha value is -2.35. The van der Waals surface area contributed by atoms with E-state index in [0.717, 1.165) is 17.8 Å². The highest BCUT2D eigenvalue weighted by molar-refractivity contribution is 6.34. The smallest absolute Gasteiger partial charge is 0.256 e. The Morgan fingerprint density at radius 2 is 1.93 bits per heavy atom. The number of rotatable bonds is 6. The van der Waals surface area contributed by atoms with Crippen LogP contribution in [0.3, 0.4) is 0 Å². The van der Waals surface area contributed by atoms with E-state index in [4.69, 9.17) is 0 Å². The van der Waals surface area contributed by atoms with Crippen molar-refractivity contribution in [2.75, 3.05) is 25.0 Å². The van der Waals surface area contributed by atoms with Gasteiger partial charge in [0.1, 0.15) is 5.82 Å². The van der Waals surface area contributed by atoms with Crippen LogP contribution in [0.4, 0.5) is 10.1 Å². The van der Waals surface area contributed by atoms with Crippen molar-refractivity contribution in [2.45, 2.75) is 20.8 Å². The van der Waals surface area contributed by atoms with Crippen LogP contribution in [0, 0.1) is 19.7 Å². The minimum atomic E-state index is -0.406. The van der Waals surface area contributed by atoms with E-state index in [1.54, 1.807) is 12.1 Å². The van der Waals surface area contributed by atoms with Gasteiger partial charge in [-0.25, -0.2) is 4.39 Å². The Morgan fingerprint density at radius 3 is 2.62 bits per heavy atom. The summed E-state index contributed by atoms with van der Waals surface area (Å²) in [6, 6.07) is 4.18. The van der Waals surface area contributed by atoms with Crippen molar-refractivity contribution in [3.05, 3.63) is 52.1 Å². The molecule has 2 amide bonds. The molecule has 0 saturated carbocycles. The fourth-order valence-corrected chi connectivity index (χ4v) is 3.24. The minimum Gasteiger partial charge on any atom is -0.358 e. The zero-order valence-electron chi connectivity index (χ0n) is 16.4. The lowest BCUT2D eigenvalue weighted by Gasteiger charge is -2.06. The molecule has 9 heteroatoms. The van der Waals surface area contributed by atoms with E-state index >= 15 is 0 Å². The fraction of sp³-hybridized carbons (Fsp3) is 0.300. The van der Waals surface area contributed by atoms with Crippen molar-refractivity contribution >= 4 is 54.0 Å². The number of nitrogens with one attached hydrogen (secondary N) is 4. The number of carbonyl (C=O) groups excluding carboxylic acids is 2. The van der Waals surface area contributed by atoms with Crippen LogP contribution in [-0.4, -0.2) is 36.4 Å². The second-order valence-corrected chi connectivity index (χ2v) is 6.48. The van der Waals surface area contributed by atoms with Gasteiger partial charge in [-0.05, 0) is 50.2 Å². The van der Waals surface area contributed by atoms with Crippen molar-refractivity contribution < 1.29 is 14.0 Å². The van der Waals surface area contributed by atoms with E-state index < -0.39 is 5.82 Å². The lowest BCUT2D eigenvalue weighted by molar-refractivity contribution is -0.110. The summed E-state index contributed by atoms with van der Waals surface area (Å²) in [4.78, 5) is 27.9. The number of carbonyl (C=O) groups is 2. The number of aromatic nitrogens is 1. The summed E-state index contributed by atoms with van der Waals surface area (Å²) in [5.41, 5.74) is 4.16. The number of aryl methyl sites for hydroxylation is 1. The molecule has 0 aliphatic carbocycles. The van der Waals surface area contributed by atoms with Crippen molar-refractivity contribution in [3.63, 3.8) is 0 Å². The maximum absolute atomic E-state index is 13.6. The van der Waals surface area contributed by atoms with Gasteiger partial charge in [0.05, 0.1) is 11.1 Å². The molecule has 1 aromatic heterocycles. The second kappa shape index (κ2) is 10.4. The quantitative estimate of drug-likeness (QED) is 0.408. The largest absolute Gasteiger partial charge is 0.358 e. The molecule has 4 N–H and O–H groups in total. The van der Waals surface area contributed by atoms with Crippen LogP contribution in [0.1, 0.15) is 39.8 Å². The van der Waals surface area contributed by atoms with Gasteiger partial charge in [-0.2, -0.15) is 0 Å². The lowest BCUT2D eigenvalue weighted by atomic mass is 10.0. The van der Waals surface area contributed by atoms with Gasteiger partial charge in [0.25, 0.3) is 11.8 Å². The van der Waals surface area contributed by atoms with Gasteiger partial charge < -0.3 is 20.9 Å². The van der Waals surface area contributed by atoms with E-state index in [9.17, 15) is 14.0 Å². The number of anilines is 1. The lowest BCUT2D eigenvalue weighted by Crippen LogP contribution is -2.32. The first-order chi connectivity index (χ1) is 12.9. The molecule has 6 nitrogen and oxygen atoms in total. The Morgan fingerprint density at radius 1 is 1.21 bits per heavy atom. The summed E-state index contributed by atoms with van der Waals surface area (Å²) in [7, 11) is 0. The van der Waals surface area contributed by atoms with E-state index in [1.807, 2.05) is 20.8 Å². The minimum absolute atomic E-state index is 0. The number of H-pyrrole nitrogens is 1. The van der Waals surface area contributed by atoms with Crippen molar-refractivity contribution in [1.29, 1.82) is 0 Å². The molecule has 0 bridgehead atoms. The summed E-state index contributed by atoms with van der Waals surface area (Å²) >= 11 is 0. The Balaban J connectivity index is 0.00000210. The van der Waals surface area contributed by atoms with Crippen LogP contribution in [0.25, 0.3) is 11.6 Å². The number of hydrogen-bond acceptors (Lipinski definition) is 3. The van der Waals surface area contributed by atoms with Crippen LogP contribution >= 0.6 is 24.8 Å². The molecule has 0 fully saturated rings. The summed E-state index contributed by atoms with van der Waals surface area (Å²) in [6.07, 6.45) is 1.67. The Labute approximate surface area is 181 Å². The zero-order chi connectivity index (χ0) is 19.6. The number of likely N-dealkylation sites (N-methyl/N-ethyl adjacent to an activating group) is 1. The summed E-state index contributed by atoms with van der Waals surface area (Å²) in [5, 5.41) is 8.76. The Bertz CT molecular complexity index is 941. The molecule has 0 saturated heterocycles. The van der Waals surface area contributed by atoms with Gasteiger partial charge in [-0.15, -0.1) is 24.8 Å². The third-order valence-corrected chi connectivity index (χ3v) is 4.59. The molecular formula is C20H25Cl2FN4O2. The number of fused-ring (bicyclic) bond motifs is 1. The van der Waals surface area contributed by atoms with Crippen molar-refractivity contribution in [3.8, 4) is 0 Å². The highest BCUT2D eigenvalue weighted by Gasteiger charge is 2.26. The van der Waals surface area contributed by atoms with Gasteiger partial charge in [0.15, 0.2) is 0 Å². The van der Waals surface area contributed by atoms with Gasteiger partial charge in [-0.3, -0.25) is 9.59 Å². The molecular weight excluding hydrogens is 418 g/mol. The molecule has 0 radical (unpaired) electrons. The summed E-state index contributed by atoms with van der Waals surface area (Å²) < 4.78 is 13.6. The van der Waals surface area contributed by atoms with Gasteiger partial charge in [0, 0.05) is 35.7 Å². The summed E-state index contributed by atoms with van der Waals surface area (Å²) in [6.45, 7) is 7.72. The monoisotopic (exact) mass is 442 g/mol. The fourth-order valence-electron chi connectivity index (χ4n) is 3.24. The number of aromatic amines is 1. The maximum Gasteiger partial charge on any atom is 0.256 e. The first kappa shape index (κ1) is 24.7. The van der Waals surface area contributed by atoms with Crippen LogP contribution in [0.2, 0.25) is 0 Å². The number of hydrogen-bond donors (Lipinski definition) is 4. The highest BCUT2D eigenvalue weighted by Crippen LogP contribution is 2.34. The van der Waals surface area contributed by atoms with Crippen molar-refractivity contribution in [1.82, 2.24) is 15.6 Å². The van der Waals surface area contributed by atoms with Crippen LogP contribution in [0.5, 0.6) is 0 Å². The highest BCUT2D eigenvalue weighted by atomic mass is 35.5. The average molecular weight is 443 g/mol. The molecule has 0 unspecified atom stereocenters. The van der Waals surface area contributed by atoms with Crippen LogP contribution in [-0.2, 0) is 4.79 Å². The topological polar surface area (TPSA) is 86.0 Å². The standard InChI is InChI=1S/C20H23FN4O2.2ClH/c1-4-22-7-8-23-20(27)18-11(2)17(24-12(18)3)10-15-14-9-13(21)5-6-16(14)25-19(15)26;;/h5-6,9-10,22,24H,4,7-8H2,1-3H3,(H,23,27)(H,25,26);2*1H. The predicted octanol–water partition coefficient (Wildman–Crippen LogP) is 3.45. The molecule has 0 spiro atoms. The van der Waals surface area contributed by atoms with Crippen LogP contribution in [0.15, 0.2) is 18.2 Å². The molecule has 1 aliphatic rings. The average Bonchev–Trinajstić information content (AvgIpc) is 3.08. The third kappa shape index (κ3) is 5.18. The number of benzene rings is 1. The van der Waals surface area contributed by atoms with Gasteiger partial charge in [-0.1, -0.05) is 6.92 Å². The molecule has 0 atom stereocenters. The van der Waals surface area contributed by atoms with Crippen molar-refractivity contribution in [2.24, 2.45) is 0 Å². The van der Waals surface area contributed by atoms with Gasteiger partial charge in [0.2, 0.25) is 0 Å². The molecule has 158 valence electrons. The third-order valence-electron chi connectivity index (χ3n) is 4.59. The summed E-state index contributed by atoms with van der Waals surface area (Å²) in [5.74, 6) is -0.860. The molecule has 29 heavy (non-hydrogen) atoms. The van der Waals surface area contributed by atoms with E-state index in [-0.39, 0.29) is 36.6 Å². The van der Waals surface area contributed by atoms with Crippen LogP contribution < -0.4 is 16.0 Å². The molecule has 3 rings (SSSR count). The Kier molecular flexibility index (Phi) is 8.88. The molecule has 2 aromatic rings. The SMILES string of the molecule is CCNCCNC(=O)c1c(C)[nH]c(C=C2C(=O)Nc3ccc(F)cc32)c1C.Cl.Cl. The first-order valence-corrected chi connectivity index (χ1v) is 8.93. The number of halogens is 3. The number of amides is 2. The first-order valence-electron chi connectivity index (χ1n) is 8.93. The second-order valence-electron chi connectivity index (χ2n) is 6.48. The van der Waals surface area contributed by atoms with E-state index in [2.05, 4.69) is 20.9 Å². The zero-order valence-corrected chi connectivity index (χ0v) is 18.1. The van der Waals surface area contributed by atoms with E-state index in [1.165, 1.54) is 12.1 Å². The van der Waals surface area contributed by atoms with E-state index in [0.29, 0.717) is 41.2 Å². The molecule has 1 aromatic carbocycles. The maximum atomic E-state index is 13.6. The predicted molar refractivity (Wildman–Crippen MR) is 119 cm³/mol. The van der Waals surface area contributed by atoms with Gasteiger partial charge >= 0.3 is 0 Å². The molecule has 1 aliphatic heterocycles.